The predicted molar refractivity (Wildman–Crippen MR) is 91.8 cm³/mol. The fraction of sp³-hybridized carbons (Fsp3) is 0.600. The van der Waals surface area contributed by atoms with Crippen LogP contribution >= 0.6 is 0 Å². The van der Waals surface area contributed by atoms with Crippen LogP contribution in [0.1, 0.15) is 44.1 Å². The first-order chi connectivity index (χ1) is 11.9. The zero-order chi connectivity index (χ0) is 17.6. The van der Waals surface area contributed by atoms with Crippen molar-refractivity contribution < 1.29 is 14.0 Å². The third-order valence-corrected chi connectivity index (χ3v) is 6.52. The van der Waals surface area contributed by atoms with E-state index in [0.717, 1.165) is 24.8 Å². The van der Waals surface area contributed by atoms with Crippen molar-refractivity contribution >= 4 is 11.8 Å². The lowest BCUT2D eigenvalue weighted by Gasteiger charge is -2.55. The van der Waals surface area contributed by atoms with Crippen LogP contribution in [0.3, 0.4) is 0 Å². The van der Waals surface area contributed by atoms with Crippen LogP contribution in [0.15, 0.2) is 24.3 Å². The van der Waals surface area contributed by atoms with Crippen LogP contribution < -0.4 is 11.1 Å². The molecular weight excluding hydrogens is 319 g/mol. The molecule has 0 aromatic heterocycles. The van der Waals surface area contributed by atoms with Gasteiger partial charge in [-0.05, 0) is 74.0 Å². The van der Waals surface area contributed by atoms with E-state index in [1.54, 1.807) is 12.1 Å². The number of nitrogens with two attached hydrogens (primary N) is 1. The van der Waals surface area contributed by atoms with Crippen molar-refractivity contribution in [2.24, 2.45) is 28.9 Å². The van der Waals surface area contributed by atoms with E-state index in [-0.39, 0.29) is 17.1 Å². The van der Waals surface area contributed by atoms with Crippen LogP contribution in [0.25, 0.3) is 0 Å². The molecule has 0 radical (unpaired) electrons. The standard InChI is InChI=1S/C20H25FN2O2/c21-16-3-1-12(2-4-16)8-17(18(22)24)23-19(25)20-9-13-5-14(10-20)7-15(6-13)11-20/h1-4,13-15,17H,5-11H2,(H2,22,24)(H,23,25)/t13?,14?,15?,17-,20?/m1/s1. The lowest BCUT2D eigenvalue weighted by Crippen LogP contribution is -2.57. The Morgan fingerprint density at radius 2 is 1.60 bits per heavy atom. The molecule has 0 unspecified atom stereocenters. The Balaban J connectivity index is 1.47. The van der Waals surface area contributed by atoms with Gasteiger partial charge in [-0.25, -0.2) is 4.39 Å². The lowest BCUT2D eigenvalue weighted by molar-refractivity contribution is -0.148. The molecule has 4 aliphatic carbocycles. The van der Waals surface area contributed by atoms with Crippen molar-refractivity contribution in [3.63, 3.8) is 0 Å². The van der Waals surface area contributed by atoms with Crippen molar-refractivity contribution in [1.29, 1.82) is 0 Å². The summed E-state index contributed by atoms with van der Waals surface area (Å²) >= 11 is 0. The Kier molecular flexibility index (Phi) is 4.05. The number of carbonyl (C=O) groups excluding carboxylic acids is 2. The van der Waals surface area contributed by atoms with Gasteiger partial charge in [-0.15, -0.1) is 0 Å². The third kappa shape index (κ3) is 3.16. The summed E-state index contributed by atoms with van der Waals surface area (Å²) in [6.45, 7) is 0. The highest BCUT2D eigenvalue weighted by Gasteiger charge is 2.54. The van der Waals surface area contributed by atoms with Gasteiger partial charge in [-0.3, -0.25) is 9.59 Å². The Bertz CT molecular complexity index is 650. The number of rotatable bonds is 5. The van der Waals surface area contributed by atoms with Crippen LogP contribution in [0.4, 0.5) is 4.39 Å². The Morgan fingerprint density at radius 1 is 1.08 bits per heavy atom. The minimum absolute atomic E-state index is 0.00230. The fourth-order valence-corrected chi connectivity index (χ4v) is 5.78. The fourth-order valence-electron chi connectivity index (χ4n) is 5.78. The van der Waals surface area contributed by atoms with Crippen molar-refractivity contribution in [3.8, 4) is 0 Å². The SMILES string of the molecule is NC(=O)[C@@H](Cc1ccc(F)cc1)NC(=O)C12CC3CC(CC(C3)C1)C2. The monoisotopic (exact) mass is 344 g/mol. The molecule has 4 saturated carbocycles. The molecule has 134 valence electrons. The normalized spacial score (nSPS) is 33.9. The summed E-state index contributed by atoms with van der Waals surface area (Å²) in [6, 6.07) is 5.22. The van der Waals surface area contributed by atoms with Crippen LogP contribution in [-0.2, 0) is 16.0 Å². The molecule has 1 atom stereocenters. The zero-order valence-electron chi connectivity index (χ0n) is 14.3. The first-order valence-corrected chi connectivity index (χ1v) is 9.28. The lowest BCUT2D eigenvalue weighted by atomic mass is 9.49. The molecule has 0 heterocycles. The molecule has 0 aliphatic heterocycles. The summed E-state index contributed by atoms with van der Waals surface area (Å²) in [4.78, 5) is 24.9. The van der Waals surface area contributed by atoms with Crippen LogP contribution in [0, 0.1) is 29.0 Å². The molecular formula is C20H25FN2O2. The van der Waals surface area contributed by atoms with Crippen LogP contribution in [0.5, 0.6) is 0 Å². The molecule has 0 spiro atoms. The van der Waals surface area contributed by atoms with Gasteiger partial charge in [0.2, 0.25) is 11.8 Å². The number of halogens is 1. The molecule has 4 aliphatic rings. The van der Waals surface area contributed by atoms with E-state index >= 15 is 0 Å². The van der Waals surface area contributed by atoms with Crippen molar-refractivity contribution in [1.82, 2.24) is 5.32 Å². The van der Waals surface area contributed by atoms with E-state index in [1.807, 2.05) is 0 Å². The molecule has 4 fully saturated rings. The number of hydrogen-bond donors (Lipinski definition) is 2. The molecule has 25 heavy (non-hydrogen) atoms. The number of primary amides is 1. The van der Waals surface area contributed by atoms with Gasteiger partial charge in [0, 0.05) is 11.8 Å². The molecule has 0 saturated heterocycles. The van der Waals surface area contributed by atoms with Gasteiger partial charge in [0.25, 0.3) is 0 Å². The number of hydrogen-bond acceptors (Lipinski definition) is 2. The maximum Gasteiger partial charge on any atom is 0.240 e. The Labute approximate surface area is 147 Å². The summed E-state index contributed by atoms with van der Waals surface area (Å²) in [6.07, 6.45) is 6.95. The van der Waals surface area contributed by atoms with Gasteiger partial charge in [-0.1, -0.05) is 12.1 Å². The molecule has 5 rings (SSSR count). The number of benzene rings is 1. The summed E-state index contributed by atoms with van der Waals surface area (Å²) in [7, 11) is 0. The maximum atomic E-state index is 13.1. The minimum Gasteiger partial charge on any atom is -0.368 e. The molecule has 4 nitrogen and oxygen atoms in total. The molecule has 2 amide bonds. The smallest absolute Gasteiger partial charge is 0.240 e. The highest BCUT2D eigenvalue weighted by Crippen LogP contribution is 2.60. The summed E-state index contributed by atoms with van der Waals surface area (Å²) in [5, 5.41) is 2.93. The Morgan fingerprint density at radius 3 is 2.08 bits per heavy atom. The minimum atomic E-state index is -0.744. The first kappa shape index (κ1) is 16.6. The average Bonchev–Trinajstić information content (AvgIpc) is 2.54. The van der Waals surface area contributed by atoms with Crippen LogP contribution in [0.2, 0.25) is 0 Å². The van der Waals surface area contributed by atoms with Crippen molar-refractivity contribution in [2.45, 2.75) is 51.0 Å². The second kappa shape index (κ2) is 6.11. The number of carbonyl (C=O) groups is 2. The second-order valence-corrected chi connectivity index (χ2v) is 8.46. The maximum absolute atomic E-state index is 13.1. The van der Waals surface area contributed by atoms with E-state index in [1.165, 1.54) is 31.4 Å². The Hall–Kier alpha value is -1.91. The highest BCUT2D eigenvalue weighted by atomic mass is 19.1. The zero-order valence-corrected chi connectivity index (χ0v) is 14.3. The van der Waals surface area contributed by atoms with Gasteiger partial charge in [0.1, 0.15) is 11.9 Å². The largest absolute Gasteiger partial charge is 0.368 e. The van der Waals surface area contributed by atoms with Gasteiger partial charge < -0.3 is 11.1 Å². The average molecular weight is 344 g/mol. The molecule has 4 bridgehead atoms. The number of amides is 2. The summed E-state index contributed by atoms with van der Waals surface area (Å²) in [5.41, 5.74) is 6.01. The quantitative estimate of drug-likeness (QED) is 0.862. The van der Waals surface area contributed by atoms with E-state index < -0.39 is 11.9 Å². The van der Waals surface area contributed by atoms with E-state index in [0.29, 0.717) is 24.2 Å². The molecule has 1 aromatic rings. The van der Waals surface area contributed by atoms with Gasteiger partial charge >= 0.3 is 0 Å². The van der Waals surface area contributed by atoms with Crippen LogP contribution in [-0.4, -0.2) is 17.9 Å². The summed E-state index contributed by atoms with van der Waals surface area (Å²) in [5.74, 6) is 1.14. The van der Waals surface area contributed by atoms with E-state index in [9.17, 15) is 14.0 Å². The topological polar surface area (TPSA) is 72.2 Å². The first-order valence-electron chi connectivity index (χ1n) is 9.28. The molecule has 3 N–H and O–H groups in total. The van der Waals surface area contributed by atoms with Gasteiger partial charge in [-0.2, -0.15) is 0 Å². The van der Waals surface area contributed by atoms with Crippen molar-refractivity contribution in [2.75, 3.05) is 0 Å². The third-order valence-electron chi connectivity index (χ3n) is 6.52. The van der Waals surface area contributed by atoms with Gasteiger partial charge in [0.05, 0.1) is 0 Å². The van der Waals surface area contributed by atoms with Crippen molar-refractivity contribution in [3.05, 3.63) is 35.6 Å². The molecule has 1 aromatic carbocycles. The molecule has 5 heteroatoms. The second-order valence-electron chi connectivity index (χ2n) is 8.46. The van der Waals surface area contributed by atoms with E-state index in [4.69, 9.17) is 5.73 Å². The highest BCUT2D eigenvalue weighted by molar-refractivity contribution is 5.89. The summed E-state index contributed by atoms with van der Waals surface area (Å²) < 4.78 is 13.1. The van der Waals surface area contributed by atoms with Gasteiger partial charge in [0.15, 0.2) is 0 Å². The predicted octanol–water partition coefficient (Wildman–Crippen LogP) is 2.55. The van der Waals surface area contributed by atoms with E-state index in [2.05, 4.69) is 5.32 Å². The number of nitrogens with one attached hydrogen (secondary N) is 1.